The Morgan fingerprint density at radius 2 is 2.00 bits per heavy atom. The van der Waals surface area contributed by atoms with Crippen LogP contribution in [-0.4, -0.2) is 19.3 Å². The first-order valence-corrected chi connectivity index (χ1v) is 9.16. The molecule has 2 aromatic rings. The number of aromatic nitrogens is 1. The first-order valence-electron chi connectivity index (χ1n) is 6.03. The minimum absolute atomic E-state index is 0.0709. The lowest BCUT2D eigenvalue weighted by atomic mass is 10.1. The summed E-state index contributed by atoms with van der Waals surface area (Å²) in [5.41, 5.74) is 2.00. The van der Waals surface area contributed by atoms with Gasteiger partial charge in [0, 0.05) is 21.3 Å². The molecule has 0 aliphatic carbocycles. The summed E-state index contributed by atoms with van der Waals surface area (Å²) in [6.45, 7) is 3.86. The Kier molecular flexibility index (Phi) is 4.65. The zero-order valence-electron chi connectivity index (χ0n) is 11.4. The maximum atomic E-state index is 12.1. The van der Waals surface area contributed by atoms with Gasteiger partial charge in [-0.15, -0.1) is 11.3 Å². The summed E-state index contributed by atoms with van der Waals surface area (Å²) >= 11 is 1.03. The van der Waals surface area contributed by atoms with Gasteiger partial charge in [0.25, 0.3) is 15.0 Å². The molecule has 1 N–H and O–H groups in total. The van der Waals surface area contributed by atoms with E-state index in [0.29, 0.717) is 16.1 Å². The third-order valence-corrected chi connectivity index (χ3v) is 5.95. The van der Waals surface area contributed by atoms with Crippen LogP contribution in [-0.2, 0) is 15.6 Å². The summed E-state index contributed by atoms with van der Waals surface area (Å²) in [5, 5.41) is 2.73. The molecule has 0 spiro atoms. The highest BCUT2D eigenvalue weighted by Gasteiger charge is 2.14. The molecule has 21 heavy (non-hydrogen) atoms. The number of halogens is 1. The zero-order chi connectivity index (χ0) is 15.6. The molecule has 0 aliphatic heterocycles. The number of carbonyl (C=O) groups excluding carboxylic acids is 1. The van der Waals surface area contributed by atoms with Crippen molar-refractivity contribution in [2.45, 2.75) is 24.6 Å². The van der Waals surface area contributed by atoms with E-state index in [-0.39, 0.29) is 16.7 Å². The normalized spacial score (nSPS) is 11.4. The lowest BCUT2D eigenvalue weighted by Gasteiger charge is -2.06. The molecule has 1 amide bonds. The van der Waals surface area contributed by atoms with Crippen molar-refractivity contribution in [3.63, 3.8) is 0 Å². The maximum Gasteiger partial charge on any atom is 0.270 e. The number of amides is 1. The van der Waals surface area contributed by atoms with Gasteiger partial charge in [0.05, 0.1) is 17.8 Å². The fraction of sp³-hybridized carbons (Fsp3) is 0.231. The van der Waals surface area contributed by atoms with Crippen LogP contribution in [0, 0.1) is 13.8 Å². The van der Waals surface area contributed by atoms with Crippen LogP contribution in [0.25, 0.3) is 0 Å². The largest absolute Gasteiger partial charge is 0.347 e. The second kappa shape index (κ2) is 6.13. The average Bonchev–Trinajstić information content (AvgIpc) is 2.84. The molecule has 0 atom stereocenters. The number of hydrogen-bond donors (Lipinski definition) is 1. The van der Waals surface area contributed by atoms with E-state index >= 15 is 0 Å². The van der Waals surface area contributed by atoms with Crippen LogP contribution in [0.5, 0.6) is 0 Å². The van der Waals surface area contributed by atoms with E-state index in [9.17, 15) is 13.2 Å². The van der Waals surface area contributed by atoms with Gasteiger partial charge >= 0.3 is 0 Å². The fourth-order valence-electron chi connectivity index (χ4n) is 1.77. The van der Waals surface area contributed by atoms with Crippen molar-refractivity contribution in [3.8, 4) is 0 Å². The molecule has 0 saturated carbocycles. The van der Waals surface area contributed by atoms with Crippen molar-refractivity contribution in [2.75, 3.05) is 0 Å². The highest BCUT2D eigenvalue weighted by atomic mass is 35.7. The van der Waals surface area contributed by atoms with Gasteiger partial charge in [0.1, 0.15) is 4.21 Å². The second-order valence-electron chi connectivity index (χ2n) is 4.43. The van der Waals surface area contributed by atoms with E-state index < -0.39 is 9.05 Å². The van der Waals surface area contributed by atoms with Crippen LogP contribution in [0.3, 0.4) is 0 Å². The van der Waals surface area contributed by atoms with Crippen molar-refractivity contribution in [3.05, 3.63) is 46.1 Å². The van der Waals surface area contributed by atoms with Gasteiger partial charge in [0.15, 0.2) is 0 Å². The molecule has 0 bridgehead atoms. The predicted molar refractivity (Wildman–Crippen MR) is 82.2 cm³/mol. The van der Waals surface area contributed by atoms with Crippen molar-refractivity contribution in [1.82, 2.24) is 10.3 Å². The molecule has 0 unspecified atom stereocenters. The summed E-state index contributed by atoms with van der Waals surface area (Å²) < 4.78 is 22.4. The number of nitrogens with one attached hydrogen (secondary N) is 1. The zero-order valence-corrected chi connectivity index (χ0v) is 13.8. The number of rotatable bonds is 4. The van der Waals surface area contributed by atoms with Crippen LogP contribution < -0.4 is 5.32 Å². The molecule has 0 fully saturated rings. The van der Waals surface area contributed by atoms with Crippen LogP contribution in [0.15, 0.2) is 28.5 Å². The van der Waals surface area contributed by atoms with Crippen molar-refractivity contribution in [2.24, 2.45) is 0 Å². The number of pyridine rings is 1. The minimum atomic E-state index is -3.72. The van der Waals surface area contributed by atoms with Gasteiger partial charge in [-0.3, -0.25) is 9.78 Å². The highest BCUT2D eigenvalue weighted by Crippen LogP contribution is 2.24. The van der Waals surface area contributed by atoms with Crippen LogP contribution in [0.4, 0.5) is 0 Å². The molecule has 0 aliphatic rings. The number of nitrogens with zero attached hydrogens (tertiary/aromatic N) is 1. The summed E-state index contributed by atoms with van der Waals surface area (Å²) in [4.78, 5) is 17.0. The standard InChI is InChI=1S/C13H13ClN2O3S2/c1-8-3-5-11(9(2)16-8)13(17)15-7-10-4-6-12(20-10)21(14,18)19/h3-6H,7H2,1-2H3,(H,15,17). The van der Waals surface area contributed by atoms with Crippen LogP contribution in [0.1, 0.15) is 26.6 Å². The lowest BCUT2D eigenvalue weighted by Crippen LogP contribution is -2.23. The number of carbonyl (C=O) groups is 1. The van der Waals surface area contributed by atoms with E-state index in [2.05, 4.69) is 10.3 Å². The average molecular weight is 345 g/mol. The van der Waals surface area contributed by atoms with Crippen molar-refractivity contribution < 1.29 is 13.2 Å². The van der Waals surface area contributed by atoms with Crippen molar-refractivity contribution in [1.29, 1.82) is 0 Å². The van der Waals surface area contributed by atoms with Gasteiger partial charge in [0.2, 0.25) is 0 Å². The Bertz CT molecular complexity index is 784. The topological polar surface area (TPSA) is 76.1 Å². The number of aryl methyl sites for hydroxylation is 2. The molecular weight excluding hydrogens is 332 g/mol. The van der Waals surface area contributed by atoms with E-state index in [4.69, 9.17) is 10.7 Å². The SMILES string of the molecule is Cc1ccc(C(=O)NCc2ccc(S(=O)(=O)Cl)s2)c(C)n1. The first kappa shape index (κ1) is 15.9. The molecular formula is C13H13ClN2O3S2. The Morgan fingerprint density at radius 1 is 1.29 bits per heavy atom. The minimum Gasteiger partial charge on any atom is -0.347 e. The molecule has 0 aromatic carbocycles. The van der Waals surface area contributed by atoms with E-state index in [1.165, 1.54) is 6.07 Å². The summed E-state index contributed by atoms with van der Waals surface area (Å²) in [7, 11) is 1.54. The summed E-state index contributed by atoms with van der Waals surface area (Å²) in [5.74, 6) is -0.247. The molecule has 2 aromatic heterocycles. The molecule has 0 saturated heterocycles. The third-order valence-electron chi connectivity index (χ3n) is 2.77. The smallest absolute Gasteiger partial charge is 0.270 e. The molecule has 2 rings (SSSR count). The van der Waals surface area contributed by atoms with E-state index in [1.807, 2.05) is 6.92 Å². The van der Waals surface area contributed by atoms with Crippen LogP contribution in [0.2, 0.25) is 0 Å². The Balaban J connectivity index is 2.06. The Morgan fingerprint density at radius 3 is 2.57 bits per heavy atom. The van der Waals surface area contributed by atoms with E-state index in [0.717, 1.165) is 17.0 Å². The quantitative estimate of drug-likeness (QED) is 0.865. The molecule has 2 heterocycles. The Hall–Kier alpha value is -1.44. The number of hydrogen-bond acceptors (Lipinski definition) is 5. The monoisotopic (exact) mass is 344 g/mol. The van der Waals surface area contributed by atoms with Gasteiger partial charge in [-0.1, -0.05) is 0 Å². The molecule has 112 valence electrons. The summed E-state index contributed by atoms with van der Waals surface area (Å²) in [6.07, 6.45) is 0. The van der Waals surface area contributed by atoms with Gasteiger partial charge in [-0.2, -0.15) is 0 Å². The van der Waals surface area contributed by atoms with Crippen LogP contribution >= 0.6 is 22.0 Å². The number of thiophene rings is 1. The fourth-order valence-corrected chi connectivity index (χ4v) is 3.84. The van der Waals surface area contributed by atoms with Gasteiger partial charge < -0.3 is 5.32 Å². The molecule has 0 radical (unpaired) electrons. The lowest BCUT2D eigenvalue weighted by molar-refractivity contribution is 0.0950. The predicted octanol–water partition coefficient (Wildman–Crippen LogP) is 2.62. The third kappa shape index (κ3) is 4.03. The highest BCUT2D eigenvalue weighted by molar-refractivity contribution is 8.15. The summed E-state index contributed by atoms with van der Waals surface area (Å²) in [6, 6.07) is 6.54. The van der Waals surface area contributed by atoms with Gasteiger partial charge in [-0.05, 0) is 38.1 Å². The molecule has 5 nitrogen and oxygen atoms in total. The maximum absolute atomic E-state index is 12.1. The Labute approximate surface area is 131 Å². The second-order valence-corrected chi connectivity index (χ2v) is 8.39. The van der Waals surface area contributed by atoms with Crippen molar-refractivity contribution >= 4 is 37.0 Å². The van der Waals surface area contributed by atoms with Gasteiger partial charge in [-0.25, -0.2) is 8.42 Å². The molecule has 8 heteroatoms. The first-order chi connectivity index (χ1) is 9.77. The van der Waals surface area contributed by atoms with E-state index in [1.54, 1.807) is 25.1 Å².